The van der Waals surface area contributed by atoms with Crippen LogP contribution >= 0.6 is 0 Å². The van der Waals surface area contributed by atoms with Crippen LogP contribution in [0.4, 0.5) is 13.2 Å². The van der Waals surface area contributed by atoms with Crippen molar-refractivity contribution in [3.63, 3.8) is 0 Å². The van der Waals surface area contributed by atoms with Crippen LogP contribution in [-0.2, 0) is 9.78 Å². The van der Waals surface area contributed by atoms with E-state index in [2.05, 4.69) is 17.1 Å². The second kappa shape index (κ2) is 13.1. The molecule has 1 atom stereocenters. The highest BCUT2D eigenvalue weighted by molar-refractivity contribution is 4.76. The highest BCUT2D eigenvalue weighted by atomic mass is 19.4. The van der Waals surface area contributed by atoms with E-state index in [1.54, 1.807) is 0 Å². The van der Waals surface area contributed by atoms with Gasteiger partial charge in [0.05, 0.1) is 6.61 Å². The predicted octanol–water partition coefficient (Wildman–Crippen LogP) is 4.86. The van der Waals surface area contributed by atoms with Crippen molar-refractivity contribution >= 4 is 0 Å². The van der Waals surface area contributed by atoms with E-state index in [1.165, 1.54) is 0 Å². The Morgan fingerprint density at radius 1 is 1.09 bits per heavy atom. The van der Waals surface area contributed by atoms with Crippen molar-refractivity contribution in [2.75, 3.05) is 19.7 Å². The van der Waals surface area contributed by atoms with Gasteiger partial charge in [0.1, 0.15) is 0 Å². The summed E-state index contributed by atoms with van der Waals surface area (Å²) >= 11 is 0. The van der Waals surface area contributed by atoms with Gasteiger partial charge in [-0.15, -0.1) is 0 Å². The van der Waals surface area contributed by atoms with Crippen molar-refractivity contribution < 1.29 is 22.9 Å². The highest BCUT2D eigenvalue weighted by Gasteiger charge is 2.43. The van der Waals surface area contributed by atoms with Gasteiger partial charge >= 0.3 is 6.18 Å². The molecule has 0 aromatic carbocycles. The third kappa shape index (κ3) is 10.4. The van der Waals surface area contributed by atoms with Crippen molar-refractivity contribution in [3.05, 3.63) is 0 Å². The van der Waals surface area contributed by atoms with Crippen molar-refractivity contribution in [1.29, 1.82) is 0 Å². The Morgan fingerprint density at radius 3 is 2.27 bits per heavy atom. The summed E-state index contributed by atoms with van der Waals surface area (Å²) in [5, 5.41) is 3.15. The largest absolute Gasteiger partial charge is 0.417 e. The maximum Gasteiger partial charge on any atom is 0.417 e. The molecule has 1 unspecified atom stereocenters. The van der Waals surface area contributed by atoms with Crippen LogP contribution in [0, 0.1) is 5.92 Å². The fourth-order valence-corrected chi connectivity index (χ4v) is 2.37. The number of nitrogens with one attached hydrogen (secondary N) is 1. The zero-order valence-electron chi connectivity index (χ0n) is 14.2. The molecule has 22 heavy (non-hydrogen) atoms. The molecule has 1 heterocycles. The molecule has 0 amide bonds. The summed E-state index contributed by atoms with van der Waals surface area (Å²) in [5.74, 6) is 0.0616. The summed E-state index contributed by atoms with van der Waals surface area (Å²) in [6.07, 6.45) is -0.746. The molecule has 0 aromatic heterocycles. The lowest BCUT2D eigenvalue weighted by Gasteiger charge is -2.27. The van der Waals surface area contributed by atoms with Gasteiger partial charge in [-0.05, 0) is 44.7 Å². The molecule has 3 nitrogen and oxygen atoms in total. The molecule has 1 aliphatic heterocycles. The Morgan fingerprint density at radius 2 is 1.73 bits per heavy atom. The molecule has 6 heteroatoms. The summed E-state index contributed by atoms with van der Waals surface area (Å²) < 4.78 is 38.7. The summed E-state index contributed by atoms with van der Waals surface area (Å²) in [7, 11) is 0. The molecule has 134 valence electrons. The van der Waals surface area contributed by atoms with Gasteiger partial charge in [0.2, 0.25) is 0 Å². The van der Waals surface area contributed by atoms with Gasteiger partial charge < -0.3 is 5.32 Å². The van der Waals surface area contributed by atoms with E-state index in [1.807, 2.05) is 13.8 Å². The number of piperidine rings is 1. The van der Waals surface area contributed by atoms with Gasteiger partial charge in [0.25, 0.3) is 0 Å². The molecule has 1 aliphatic rings. The van der Waals surface area contributed by atoms with E-state index >= 15 is 0 Å². The number of hydrogen-bond acceptors (Lipinski definition) is 3. The van der Waals surface area contributed by atoms with Crippen molar-refractivity contribution in [3.8, 4) is 0 Å². The van der Waals surface area contributed by atoms with Gasteiger partial charge in [-0.25, -0.2) is 9.78 Å². The van der Waals surface area contributed by atoms with Crippen LogP contribution in [0.2, 0.25) is 0 Å². The third-order valence-electron chi connectivity index (χ3n) is 3.64. The van der Waals surface area contributed by atoms with Crippen LogP contribution in [0.15, 0.2) is 0 Å². The maximum absolute atomic E-state index is 12.9. The Balaban J connectivity index is 0.00000211. The smallest absolute Gasteiger partial charge is 0.317 e. The SMILES string of the molecule is CC.CCCCCCOOC(CC1CCNCC1)C(F)(F)F. The normalized spacial score (nSPS) is 17.7. The minimum absolute atomic E-state index is 0.000139. The van der Waals surface area contributed by atoms with Crippen LogP contribution in [-0.4, -0.2) is 32.0 Å². The molecule has 1 N–H and O–H groups in total. The number of alkyl halides is 3. The number of hydrogen-bond donors (Lipinski definition) is 1. The Hall–Kier alpha value is -0.330. The lowest BCUT2D eigenvalue weighted by molar-refractivity contribution is -0.382. The number of halogens is 3. The molecule has 0 bridgehead atoms. The second-order valence-electron chi connectivity index (χ2n) is 5.44. The standard InChI is InChI=1S/C14H26F3NO2.C2H6/c1-2-3-4-5-10-19-20-13(14(15,16)17)11-12-6-8-18-9-7-12;1-2/h12-13,18H,2-11H2,1H3;1-2H3. The lowest BCUT2D eigenvalue weighted by atomic mass is 9.92. The molecule has 1 rings (SSSR count). The van der Waals surface area contributed by atoms with E-state index < -0.39 is 12.3 Å². The van der Waals surface area contributed by atoms with Gasteiger partial charge in [-0.3, -0.25) is 0 Å². The molecular weight excluding hydrogens is 295 g/mol. The summed E-state index contributed by atoms with van der Waals surface area (Å²) in [4.78, 5) is 9.42. The first-order chi connectivity index (χ1) is 10.5. The molecule has 0 saturated carbocycles. The number of unbranched alkanes of at least 4 members (excludes halogenated alkanes) is 3. The minimum Gasteiger partial charge on any atom is -0.317 e. The van der Waals surface area contributed by atoms with Gasteiger partial charge in [-0.1, -0.05) is 40.0 Å². The van der Waals surface area contributed by atoms with E-state index in [9.17, 15) is 13.2 Å². The van der Waals surface area contributed by atoms with Crippen LogP contribution in [0.1, 0.15) is 65.7 Å². The van der Waals surface area contributed by atoms with Crippen LogP contribution < -0.4 is 5.32 Å². The monoisotopic (exact) mass is 327 g/mol. The van der Waals surface area contributed by atoms with Crippen molar-refractivity contribution in [2.45, 2.75) is 78.0 Å². The Kier molecular flexibility index (Phi) is 12.9. The zero-order valence-corrected chi connectivity index (χ0v) is 14.2. The maximum atomic E-state index is 12.9. The van der Waals surface area contributed by atoms with Gasteiger partial charge in [-0.2, -0.15) is 13.2 Å². The zero-order chi connectivity index (χ0) is 16.8. The fourth-order valence-electron chi connectivity index (χ4n) is 2.37. The molecule has 0 aliphatic carbocycles. The second-order valence-corrected chi connectivity index (χ2v) is 5.44. The first-order valence-electron chi connectivity index (χ1n) is 8.59. The highest BCUT2D eigenvalue weighted by Crippen LogP contribution is 2.30. The molecule has 1 saturated heterocycles. The van der Waals surface area contributed by atoms with E-state index in [0.717, 1.165) is 51.6 Å². The first-order valence-corrected chi connectivity index (χ1v) is 8.59. The van der Waals surface area contributed by atoms with Gasteiger partial charge in [0, 0.05) is 0 Å². The lowest BCUT2D eigenvalue weighted by Crippen LogP contribution is -2.37. The Labute approximate surface area is 132 Å². The number of rotatable bonds is 9. The molecule has 0 aromatic rings. The van der Waals surface area contributed by atoms with Crippen LogP contribution in [0.5, 0.6) is 0 Å². The molecule has 1 fully saturated rings. The van der Waals surface area contributed by atoms with Gasteiger partial charge in [0.15, 0.2) is 6.10 Å². The average Bonchev–Trinajstić information content (AvgIpc) is 2.51. The van der Waals surface area contributed by atoms with Crippen molar-refractivity contribution in [1.82, 2.24) is 5.32 Å². The Bertz CT molecular complexity index is 244. The molecule has 0 radical (unpaired) electrons. The summed E-state index contributed by atoms with van der Waals surface area (Å²) in [6, 6.07) is 0. The topological polar surface area (TPSA) is 30.5 Å². The fraction of sp³-hybridized carbons (Fsp3) is 1.00. The van der Waals surface area contributed by atoms with E-state index in [0.29, 0.717) is 0 Å². The summed E-state index contributed by atoms with van der Waals surface area (Å²) in [6.45, 7) is 7.88. The van der Waals surface area contributed by atoms with E-state index in [4.69, 9.17) is 4.89 Å². The molecule has 0 spiro atoms. The summed E-state index contributed by atoms with van der Waals surface area (Å²) in [5.41, 5.74) is 0. The van der Waals surface area contributed by atoms with Crippen LogP contribution in [0.25, 0.3) is 0 Å². The first kappa shape index (κ1) is 21.7. The predicted molar refractivity (Wildman–Crippen MR) is 82.6 cm³/mol. The third-order valence-corrected chi connectivity index (χ3v) is 3.64. The van der Waals surface area contributed by atoms with Crippen LogP contribution in [0.3, 0.4) is 0 Å². The quantitative estimate of drug-likeness (QED) is 0.373. The average molecular weight is 327 g/mol. The molecular formula is C16H32F3NO2. The van der Waals surface area contributed by atoms with Crippen molar-refractivity contribution in [2.24, 2.45) is 5.92 Å². The van der Waals surface area contributed by atoms with E-state index in [-0.39, 0.29) is 18.9 Å². The minimum atomic E-state index is -4.35.